The van der Waals surface area contributed by atoms with Crippen molar-refractivity contribution in [3.63, 3.8) is 0 Å². The summed E-state index contributed by atoms with van der Waals surface area (Å²) in [5.74, 6) is 1.12. The minimum Gasteiger partial charge on any atom is -0.364 e. The third-order valence-corrected chi connectivity index (χ3v) is 5.04. The molecule has 3 rings (SSSR count). The zero-order valence-electron chi connectivity index (χ0n) is 13.2. The molecule has 1 aromatic rings. The summed E-state index contributed by atoms with van der Waals surface area (Å²) in [7, 11) is 0. The molecule has 1 amide bonds. The summed E-state index contributed by atoms with van der Waals surface area (Å²) in [4.78, 5) is 12.5. The summed E-state index contributed by atoms with van der Waals surface area (Å²) >= 11 is 5.96. The fourth-order valence-electron chi connectivity index (χ4n) is 3.24. The van der Waals surface area contributed by atoms with Crippen LogP contribution in [0.5, 0.6) is 0 Å². The van der Waals surface area contributed by atoms with E-state index in [1.165, 1.54) is 0 Å². The van der Waals surface area contributed by atoms with E-state index in [4.69, 9.17) is 22.1 Å². The van der Waals surface area contributed by atoms with E-state index in [9.17, 15) is 4.79 Å². The van der Waals surface area contributed by atoms with Gasteiger partial charge in [0.1, 0.15) is 6.10 Å². The van der Waals surface area contributed by atoms with Gasteiger partial charge in [-0.15, -0.1) is 12.4 Å². The maximum Gasteiger partial charge on any atom is 0.249 e. The van der Waals surface area contributed by atoms with Crippen molar-refractivity contribution in [1.82, 2.24) is 5.32 Å². The molecule has 1 saturated carbocycles. The van der Waals surface area contributed by atoms with Crippen molar-refractivity contribution in [2.75, 3.05) is 6.54 Å². The maximum absolute atomic E-state index is 12.5. The van der Waals surface area contributed by atoms with Gasteiger partial charge in [-0.25, -0.2) is 0 Å². The molecule has 6 heteroatoms. The molecule has 2 fully saturated rings. The molecule has 128 valence electrons. The van der Waals surface area contributed by atoms with Crippen LogP contribution in [0.1, 0.15) is 37.8 Å². The number of halogens is 2. The first-order valence-corrected chi connectivity index (χ1v) is 8.37. The van der Waals surface area contributed by atoms with Gasteiger partial charge < -0.3 is 15.8 Å². The Morgan fingerprint density at radius 1 is 1.39 bits per heavy atom. The average Bonchev–Trinajstić information content (AvgIpc) is 3.04. The molecule has 1 heterocycles. The van der Waals surface area contributed by atoms with E-state index < -0.39 is 0 Å². The molecule has 1 aliphatic heterocycles. The molecule has 1 aliphatic carbocycles. The summed E-state index contributed by atoms with van der Waals surface area (Å²) in [5.41, 5.74) is 6.72. The Hall–Kier alpha value is -0.810. The third-order valence-electron chi connectivity index (χ3n) is 4.79. The molecule has 3 unspecified atom stereocenters. The Morgan fingerprint density at radius 2 is 2.04 bits per heavy atom. The van der Waals surface area contributed by atoms with E-state index in [0.29, 0.717) is 23.4 Å². The van der Waals surface area contributed by atoms with Crippen molar-refractivity contribution < 1.29 is 9.53 Å². The van der Waals surface area contributed by atoms with Crippen LogP contribution < -0.4 is 11.1 Å². The first-order valence-electron chi connectivity index (χ1n) is 8.00. The second-order valence-corrected chi connectivity index (χ2v) is 6.91. The van der Waals surface area contributed by atoms with Crippen molar-refractivity contribution in [3.8, 4) is 0 Å². The number of amides is 1. The largest absolute Gasteiger partial charge is 0.364 e. The molecular weight excluding hydrogens is 335 g/mol. The fourth-order valence-corrected chi connectivity index (χ4v) is 3.37. The van der Waals surface area contributed by atoms with E-state index in [2.05, 4.69) is 12.2 Å². The van der Waals surface area contributed by atoms with Gasteiger partial charge in [0, 0.05) is 11.6 Å². The van der Waals surface area contributed by atoms with Gasteiger partial charge in [0.25, 0.3) is 0 Å². The zero-order chi connectivity index (χ0) is 15.7. The van der Waals surface area contributed by atoms with Gasteiger partial charge in [-0.3, -0.25) is 4.79 Å². The molecular formula is C17H24Cl2N2O2. The number of hydrogen-bond donors (Lipinski definition) is 2. The van der Waals surface area contributed by atoms with E-state index in [1.54, 1.807) is 0 Å². The third kappa shape index (κ3) is 4.38. The smallest absolute Gasteiger partial charge is 0.249 e. The van der Waals surface area contributed by atoms with Crippen LogP contribution in [0.4, 0.5) is 0 Å². The Morgan fingerprint density at radius 3 is 2.57 bits per heavy atom. The number of carbonyl (C=O) groups excluding carboxylic acids is 1. The molecule has 1 saturated heterocycles. The van der Waals surface area contributed by atoms with Crippen LogP contribution in [0.25, 0.3) is 0 Å². The number of ether oxygens (including phenoxy) is 1. The summed E-state index contributed by atoms with van der Waals surface area (Å²) in [6.07, 6.45) is 2.41. The van der Waals surface area contributed by atoms with Crippen molar-refractivity contribution >= 4 is 29.9 Å². The quantitative estimate of drug-likeness (QED) is 0.849. The molecule has 23 heavy (non-hydrogen) atoms. The lowest BCUT2D eigenvalue weighted by Crippen LogP contribution is -2.38. The zero-order valence-corrected chi connectivity index (χ0v) is 14.8. The van der Waals surface area contributed by atoms with Crippen LogP contribution in [-0.2, 0) is 9.53 Å². The minimum absolute atomic E-state index is 0. The molecule has 1 aromatic carbocycles. The van der Waals surface area contributed by atoms with Gasteiger partial charge in [-0.1, -0.05) is 30.7 Å². The normalized spacial score (nSPS) is 30.4. The van der Waals surface area contributed by atoms with Crippen LogP contribution in [0.2, 0.25) is 5.02 Å². The highest BCUT2D eigenvalue weighted by Gasteiger charge is 2.42. The van der Waals surface area contributed by atoms with Crippen LogP contribution >= 0.6 is 24.0 Å². The number of rotatable bonds is 5. The summed E-state index contributed by atoms with van der Waals surface area (Å²) in [5, 5.41) is 3.89. The molecule has 5 atom stereocenters. The first kappa shape index (κ1) is 18.5. The molecule has 3 N–H and O–H groups in total. The highest BCUT2D eigenvalue weighted by Crippen LogP contribution is 2.47. The van der Waals surface area contributed by atoms with E-state index >= 15 is 0 Å². The number of hydrogen-bond acceptors (Lipinski definition) is 3. The van der Waals surface area contributed by atoms with Crippen molar-refractivity contribution in [2.45, 2.75) is 44.4 Å². The Labute approximate surface area is 148 Å². The van der Waals surface area contributed by atoms with Crippen molar-refractivity contribution in [3.05, 3.63) is 34.9 Å². The molecule has 0 spiro atoms. The number of nitrogens with two attached hydrogens (primary N) is 1. The van der Waals surface area contributed by atoms with E-state index in [0.717, 1.165) is 24.8 Å². The predicted octanol–water partition coefficient (Wildman–Crippen LogP) is 3.08. The van der Waals surface area contributed by atoms with Gasteiger partial charge in [0.2, 0.25) is 5.91 Å². The van der Waals surface area contributed by atoms with E-state index in [-0.39, 0.29) is 36.6 Å². The number of carbonyl (C=O) groups is 1. The fraction of sp³-hybridized carbons (Fsp3) is 0.588. The van der Waals surface area contributed by atoms with Gasteiger partial charge in [-0.05, 0) is 48.8 Å². The summed E-state index contributed by atoms with van der Waals surface area (Å²) in [6, 6.07) is 7.78. The standard InChI is InChI=1S/C17H23ClN2O2.ClH/c1-10-8-14(10)16(11-2-4-12(18)5-3-11)20-17(21)15-7-6-13(9-19)22-15;/h2-5,10,13-16H,6-9,19H2,1H3,(H,20,21);1H/t10?,13-,14?,15+,16?;/m1./s1. The summed E-state index contributed by atoms with van der Waals surface area (Å²) in [6.45, 7) is 2.69. The second kappa shape index (κ2) is 7.84. The summed E-state index contributed by atoms with van der Waals surface area (Å²) < 4.78 is 5.70. The lowest BCUT2D eigenvalue weighted by Gasteiger charge is -2.22. The number of benzene rings is 1. The second-order valence-electron chi connectivity index (χ2n) is 6.47. The van der Waals surface area contributed by atoms with Gasteiger partial charge in [-0.2, -0.15) is 0 Å². The predicted molar refractivity (Wildman–Crippen MR) is 93.8 cm³/mol. The maximum atomic E-state index is 12.5. The SMILES string of the molecule is CC1CC1C(NC(=O)[C@@H]1CC[C@H](CN)O1)c1ccc(Cl)cc1.Cl. The Kier molecular flexibility index (Phi) is 6.32. The van der Waals surface area contributed by atoms with Crippen LogP contribution in [-0.4, -0.2) is 24.7 Å². The van der Waals surface area contributed by atoms with Crippen LogP contribution in [0, 0.1) is 11.8 Å². The van der Waals surface area contributed by atoms with Gasteiger partial charge in [0.05, 0.1) is 12.1 Å². The topological polar surface area (TPSA) is 64.4 Å². The molecule has 4 nitrogen and oxygen atoms in total. The molecule has 0 bridgehead atoms. The molecule has 2 aliphatic rings. The van der Waals surface area contributed by atoms with Crippen LogP contribution in [0.15, 0.2) is 24.3 Å². The molecule has 0 aromatic heterocycles. The molecule has 0 radical (unpaired) electrons. The lowest BCUT2D eigenvalue weighted by atomic mass is 10.0. The van der Waals surface area contributed by atoms with Crippen molar-refractivity contribution in [1.29, 1.82) is 0 Å². The monoisotopic (exact) mass is 358 g/mol. The Bertz CT molecular complexity index is 538. The first-order chi connectivity index (χ1) is 10.6. The minimum atomic E-state index is -0.364. The average molecular weight is 359 g/mol. The number of nitrogens with one attached hydrogen (secondary N) is 1. The van der Waals surface area contributed by atoms with Gasteiger partial charge in [0.15, 0.2) is 0 Å². The Balaban J connectivity index is 0.00000192. The highest BCUT2D eigenvalue weighted by molar-refractivity contribution is 6.30. The highest BCUT2D eigenvalue weighted by atomic mass is 35.5. The lowest BCUT2D eigenvalue weighted by molar-refractivity contribution is -0.132. The van der Waals surface area contributed by atoms with Gasteiger partial charge >= 0.3 is 0 Å². The van der Waals surface area contributed by atoms with Crippen LogP contribution in [0.3, 0.4) is 0 Å². The van der Waals surface area contributed by atoms with Crippen molar-refractivity contribution in [2.24, 2.45) is 17.6 Å². The van der Waals surface area contributed by atoms with E-state index in [1.807, 2.05) is 24.3 Å².